The number of carbonyl (C=O) groups is 2. The number of nitrogens with zero attached hydrogens (tertiary/aromatic N) is 2. The van der Waals surface area contributed by atoms with Gasteiger partial charge in [0.15, 0.2) is 6.29 Å². The number of amides is 2. The minimum atomic E-state index is -0.857. The van der Waals surface area contributed by atoms with Crippen molar-refractivity contribution in [3.05, 3.63) is 131 Å². The van der Waals surface area contributed by atoms with E-state index in [0.29, 0.717) is 25.1 Å². The fourth-order valence-corrected chi connectivity index (χ4v) is 5.60. The van der Waals surface area contributed by atoms with E-state index in [-0.39, 0.29) is 18.8 Å². The first-order valence-electron chi connectivity index (χ1n) is 15.8. The van der Waals surface area contributed by atoms with Crippen molar-refractivity contribution in [1.82, 2.24) is 15.2 Å². The molecule has 1 fully saturated rings. The van der Waals surface area contributed by atoms with Crippen molar-refractivity contribution in [2.45, 2.75) is 50.4 Å². The number of ether oxygens (including phenoxy) is 3. The van der Waals surface area contributed by atoms with Crippen LogP contribution in [0.4, 0.5) is 10.5 Å². The maximum atomic E-state index is 13.0. The minimum Gasteiger partial charge on any atom is -0.467 e. The number of aliphatic hydroxyl groups excluding tert-OH is 1. The molecule has 3 aromatic carbocycles. The number of pyridine rings is 1. The molecule has 4 atom stereocenters. The SMILES string of the molecule is COC(=O)C(Cc1ccccc1)NC(=O)Nc1cccc(C2OC(CN(C)CCc3ccccn3)CC(c3ccc(CO)cc3)O2)c1. The molecule has 1 saturated heterocycles. The summed E-state index contributed by atoms with van der Waals surface area (Å²) in [6, 6.07) is 29.1. The summed E-state index contributed by atoms with van der Waals surface area (Å²) in [7, 11) is 3.37. The summed E-state index contributed by atoms with van der Waals surface area (Å²) in [6.07, 6.45) is 2.52. The van der Waals surface area contributed by atoms with Gasteiger partial charge in [0.1, 0.15) is 6.04 Å². The molecule has 10 heteroatoms. The molecule has 0 bridgehead atoms. The molecule has 0 spiro atoms. The van der Waals surface area contributed by atoms with Crippen molar-refractivity contribution >= 4 is 17.7 Å². The van der Waals surface area contributed by atoms with Gasteiger partial charge in [-0.25, -0.2) is 9.59 Å². The summed E-state index contributed by atoms with van der Waals surface area (Å²) >= 11 is 0. The lowest BCUT2D eigenvalue weighted by Gasteiger charge is -2.38. The number of carbonyl (C=O) groups excluding carboxylic acids is 2. The Bertz CT molecular complexity index is 1570. The molecule has 2 heterocycles. The third-order valence-corrected chi connectivity index (χ3v) is 8.10. The van der Waals surface area contributed by atoms with Crippen LogP contribution < -0.4 is 10.6 Å². The van der Waals surface area contributed by atoms with Gasteiger partial charge in [-0.05, 0) is 48.0 Å². The summed E-state index contributed by atoms with van der Waals surface area (Å²) < 4.78 is 18.0. The smallest absolute Gasteiger partial charge is 0.328 e. The fraction of sp³-hybridized carbons (Fsp3) is 0.324. The lowest BCUT2D eigenvalue weighted by Crippen LogP contribution is -2.45. The van der Waals surface area contributed by atoms with Gasteiger partial charge >= 0.3 is 12.0 Å². The van der Waals surface area contributed by atoms with Crippen LogP contribution in [0.2, 0.25) is 0 Å². The third kappa shape index (κ3) is 9.94. The summed E-state index contributed by atoms with van der Waals surface area (Å²) in [6.45, 7) is 1.49. The van der Waals surface area contributed by atoms with Crippen LogP contribution >= 0.6 is 0 Å². The highest BCUT2D eigenvalue weighted by molar-refractivity contribution is 5.92. The van der Waals surface area contributed by atoms with Crippen LogP contribution in [0.5, 0.6) is 0 Å². The molecule has 0 aliphatic carbocycles. The van der Waals surface area contributed by atoms with E-state index >= 15 is 0 Å². The molecule has 5 rings (SSSR count). The molecule has 3 N–H and O–H groups in total. The van der Waals surface area contributed by atoms with Gasteiger partial charge in [-0.2, -0.15) is 0 Å². The van der Waals surface area contributed by atoms with Crippen molar-refractivity contribution in [2.24, 2.45) is 0 Å². The van der Waals surface area contributed by atoms with Crippen LogP contribution in [0.25, 0.3) is 0 Å². The van der Waals surface area contributed by atoms with Gasteiger partial charge in [-0.1, -0.05) is 72.8 Å². The number of urea groups is 1. The molecule has 4 unspecified atom stereocenters. The maximum Gasteiger partial charge on any atom is 0.328 e. The minimum absolute atomic E-state index is 0.0266. The lowest BCUT2D eigenvalue weighted by atomic mass is 9.99. The van der Waals surface area contributed by atoms with Gasteiger partial charge in [-0.3, -0.25) is 4.98 Å². The zero-order valence-electron chi connectivity index (χ0n) is 26.7. The number of anilines is 1. The number of hydrogen-bond acceptors (Lipinski definition) is 8. The van der Waals surface area contributed by atoms with Gasteiger partial charge < -0.3 is 34.9 Å². The monoisotopic (exact) mass is 638 g/mol. The number of rotatable bonds is 13. The Balaban J connectivity index is 1.28. The summed E-state index contributed by atoms with van der Waals surface area (Å²) in [5.41, 5.74) is 5.03. The van der Waals surface area contributed by atoms with Crippen LogP contribution in [0.1, 0.15) is 46.8 Å². The Morgan fingerprint density at radius 3 is 2.47 bits per heavy atom. The summed E-state index contributed by atoms with van der Waals surface area (Å²) in [5, 5.41) is 15.1. The molecule has 1 aliphatic rings. The average Bonchev–Trinajstić information content (AvgIpc) is 3.11. The molecule has 4 aromatic rings. The number of methoxy groups -OCH3 is 1. The molecule has 246 valence electrons. The van der Waals surface area contributed by atoms with Crippen molar-refractivity contribution in [1.29, 1.82) is 0 Å². The van der Waals surface area contributed by atoms with Gasteiger partial charge in [-0.15, -0.1) is 0 Å². The topological polar surface area (TPSA) is 122 Å². The molecule has 0 saturated carbocycles. The van der Waals surface area contributed by atoms with Crippen molar-refractivity contribution in [2.75, 3.05) is 32.6 Å². The Morgan fingerprint density at radius 1 is 0.957 bits per heavy atom. The molecule has 10 nitrogen and oxygen atoms in total. The maximum absolute atomic E-state index is 13.0. The number of likely N-dealkylation sites (N-methyl/N-ethyl adjacent to an activating group) is 1. The standard InChI is InChI=1S/C37H42N4O6/c1-41(20-18-30-12-6-7-19-38-30)24-32-23-34(28-16-14-27(25-42)15-17-28)47-36(46-32)29-11-8-13-31(22-29)39-37(44)40-33(35(43)45-2)21-26-9-4-3-5-10-26/h3-17,19,22,32-34,36,42H,18,20-21,23-25H2,1-2H3,(H2,39,40,44). The lowest BCUT2D eigenvalue weighted by molar-refractivity contribution is -0.252. The highest BCUT2D eigenvalue weighted by Gasteiger charge is 2.33. The predicted molar refractivity (Wildman–Crippen MR) is 178 cm³/mol. The van der Waals surface area contributed by atoms with Gasteiger partial charge in [0.25, 0.3) is 0 Å². The Kier molecular flexibility index (Phi) is 12.1. The molecule has 47 heavy (non-hydrogen) atoms. The molecule has 1 aromatic heterocycles. The Hall–Kier alpha value is -4.61. The fourth-order valence-electron chi connectivity index (χ4n) is 5.60. The summed E-state index contributed by atoms with van der Waals surface area (Å²) in [5.74, 6) is -0.532. The van der Waals surface area contributed by atoms with Crippen molar-refractivity contribution in [3.63, 3.8) is 0 Å². The van der Waals surface area contributed by atoms with Gasteiger partial charge in [0.2, 0.25) is 0 Å². The third-order valence-electron chi connectivity index (χ3n) is 8.10. The van der Waals surface area contributed by atoms with E-state index in [4.69, 9.17) is 14.2 Å². The number of nitrogens with one attached hydrogen (secondary N) is 2. The van der Waals surface area contributed by atoms with E-state index in [1.54, 1.807) is 6.07 Å². The average molecular weight is 639 g/mol. The van der Waals surface area contributed by atoms with Crippen molar-refractivity contribution in [3.8, 4) is 0 Å². The second-order valence-electron chi connectivity index (χ2n) is 11.7. The second kappa shape index (κ2) is 16.8. The largest absolute Gasteiger partial charge is 0.467 e. The van der Waals surface area contributed by atoms with Crippen LogP contribution in [0.3, 0.4) is 0 Å². The van der Waals surface area contributed by atoms with Gasteiger partial charge in [0, 0.05) is 55.5 Å². The quantitative estimate of drug-likeness (QED) is 0.171. The highest BCUT2D eigenvalue weighted by Crippen LogP contribution is 2.38. The van der Waals surface area contributed by atoms with Crippen LogP contribution in [0, 0.1) is 0 Å². The van der Waals surface area contributed by atoms with E-state index in [2.05, 4.69) is 27.6 Å². The molecular formula is C37H42N4O6. The molecule has 2 amide bonds. The molecule has 0 radical (unpaired) electrons. The summed E-state index contributed by atoms with van der Waals surface area (Å²) in [4.78, 5) is 32.2. The van der Waals surface area contributed by atoms with Crippen LogP contribution in [0.15, 0.2) is 103 Å². The number of esters is 1. The first kappa shape index (κ1) is 33.7. The first-order valence-corrected chi connectivity index (χ1v) is 15.8. The second-order valence-corrected chi connectivity index (χ2v) is 11.7. The van der Waals surface area contributed by atoms with E-state index in [1.807, 2.05) is 97.2 Å². The van der Waals surface area contributed by atoms with E-state index in [0.717, 1.165) is 40.9 Å². The normalized spacial score (nSPS) is 18.3. The number of aliphatic hydroxyl groups is 1. The van der Waals surface area contributed by atoms with E-state index in [1.165, 1.54) is 7.11 Å². The van der Waals surface area contributed by atoms with Crippen molar-refractivity contribution < 1.29 is 28.9 Å². The number of aromatic nitrogens is 1. The number of hydrogen-bond donors (Lipinski definition) is 3. The Morgan fingerprint density at radius 2 is 1.74 bits per heavy atom. The molecular weight excluding hydrogens is 596 g/mol. The van der Waals surface area contributed by atoms with Crippen LogP contribution in [-0.4, -0.2) is 66.4 Å². The van der Waals surface area contributed by atoms with Crippen LogP contribution in [-0.2, 0) is 38.5 Å². The zero-order chi connectivity index (χ0) is 33.0. The zero-order valence-corrected chi connectivity index (χ0v) is 26.7. The first-order chi connectivity index (χ1) is 22.9. The predicted octanol–water partition coefficient (Wildman–Crippen LogP) is 5.20. The van der Waals surface area contributed by atoms with E-state index < -0.39 is 24.3 Å². The highest BCUT2D eigenvalue weighted by atomic mass is 16.7. The number of benzene rings is 3. The Labute approximate surface area is 275 Å². The molecule has 1 aliphatic heterocycles. The van der Waals surface area contributed by atoms with E-state index in [9.17, 15) is 14.7 Å². The van der Waals surface area contributed by atoms with Gasteiger partial charge in [0.05, 0.1) is 25.9 Å².